The molecule has 0 amide bonds. The molecule has 3 heteroatoms. The van der Waals surface area contributed by atoms with Crippen LogP contribution in [0.4, 0.5) is 0 Å². The van der Waals surface area contributed by atoms with E-state index in [1.165, 1.54) is 16.0 Å². The number of thioether (sulfide) groups is 1. The average Bonchev–Trinajstić information content (AvgIpc) is 2.56. The van der Waals surface area contributed by atoms with Gasteiger partial charge in [-0.05, 0) is 42.6 Å². The van der Waals surface area contributed by atoms with Crippen LogP contribution < -0.4 is 5.32 Å². The third-order valence-corrected chi connectivity index (χ3v) is 4.60. The van der Waals surface area contributed by atoms with Crippen LogP contribution >= 0.6 is 11.8 Å². The summed E-state index contributed by atoms with van der Waals surface area (Å²) < 4.78 is 0. The molecule has 1 aromatic heterocycles. The normalized spacial score (nSPS) is 12.3. The van der Waals surface area contributed by atoms with Crippen LogP contribution in [0.5, 0.6) is 0 Å². The summed E-state index contributed by atoms with van der Waals surface area (Å²) >= 11 is 1.88. The van der Waals surface area contributed by atoms with Gasteiger partial charge in [-0.15, -0.1) is 11.8 Å². The molecule has 2 nitrogen and oxygen atoms in total. The Hall–Kier alpha value is -1.32. The van der Waals surface area contributed by atoms with Crippen molar-refractivity contribution in [1.82, 2.24) is 10.3 Å². The lowest BCUT2D eigenvalue weighted by atomic mass is 10.0. The summed E-state index contributed by atoms with van der Waals surface area (Å²) in [6.07, 6.45) is 5.96. The molecule has 0 radical (unpaired) electrons. The summed E-state index contributed by atoms with van der Waals surface area (Å²) in [5.41, 5.74) is 2.77. The maximum Gasteiger partial charge on any atom is 0.0415 e. The van der Waals surface area contributed by atoms with Gasteiger partial charge in [-0.2, -0.15) is 0 Å². The number of hydrogen-bond acceptors (Lipinski definition) is 3. The van der Waals surface area contributed by atoms with E-state index in [0.29, 0.717) is 6.04 Å². The first-order valence-corrected chi connectivity index (χ1v) is 8.67. The summed E-state index contributed by atoms with van der Waals surface area (Å²) in [4.78, 5) is 5.35. The second-order valence-corrected chi connectivity index (χ2v) is 6.19. The van der Waals surface area contributed by atoms with Crippen molar-refractivity contribution in [3.8, 4) is 0 Å². The van der Waals surface area contributed by atoms with Crippen LogP contribution in [0.1, 0.15) is 37.4 Å². The van der Waals surface area contributed by atoms with E-state index in [1.54, 1.807) is 0 Å². The Balaban J connectivity index is 2.02. The molecule has 0 saturated heterocycles. The minimum Gasteiger partial charge on any atom is -0.309 e. The van der Waals surface area contributed by atoms with Crippen molar-refractivity contribution in [3.05, 3.63) is 59.9 Å². The molecule has 0 aliphatic rings. The Labute approximate surface area is 132 Å². The van der Waals surface area contributed by atoms with Gasteiger partial charge in [0.25, 0.3) is 0 Å². The van der Waals surface area contributed by atoms with Crippen LogP contribution in [0.3, 0.4) is 0 Å². The van der Waals surface area contributed by atoms with Crippen LogP contribution in [-0.4, -0.2) is 17.3 Å². The number of nitrogens with zero attached hydrogens (tertiary/aromatic N) is 1. The Kier molecular flexibility index (Phi) is 6.77. The standard InChI is InChI=1S/C18H24N2S/c1-3-11-20-18(14-21-17-9-12-19-13-10-17)16-7-5-15(4-2)6-8-16/h5-10,12-13,18,20H,3-4,11,14H2,1-2H3. The molecule has 0 fully saturated rings. The summed E-state index contributed by atoms with van der Waals surface area (Å²) in [5.74, 6) is 1.04. The van der Waals surface area contributed by atoms with Crippen molar-refractivity contribution in [3.63, 3.8) is 0 Å². The van der Waals surface area contributed by atoms with Crippen LogP contribution in [0.25, 0.3) is 0 Å². The van der Waals surface area contributed by atoms with Gasteiger partial charge in [-0.25, -0.2) is 0 Å². The number of aromatic nitrogens is 1. The van der Waals surface area contributed by atoms with E-state index in [2.05, 4.69) is 60.5 Å². The topological polar surface area (TPSA) is 24.9 Å². The first kappa shape index (κ1) is 16.1. The van der Waals surface area contributed by atoms with E-state index >= 15 is 0 Å². The van der Waals surface area contributed by atoms with Crippen molar-refractivity contribution >= 4 is 11.8 Å². The van der Waals surface area contributed by atoms with E-state index in [4.69, 9.17) is 0 Å². The SMILES string of the molecule is CCCNC(CSc1ccncc1)c1ccc(CC)cc1. The van der Waals surface area contributed by atoms with Gasteiger partial charge in [0.15, 0.2) is 0 Å². The molecule has 0 spiro atoms. The van der Waals surface area contributed by atoms with Crippen molar-refractivity contribution in [2.45, 2.75) is 37.6 Å². The fourth-order valence-electron chi connectivity index (χ4n) is 2.19. The third kappa shape index (κ3) is 5.18. The fraction of sp³-hybridized carbons (Fsp3) is 0.389. The van der Waals surface area contributed by atoms with E-state index in [9.17, 15) is 0 Å². The predicted octanol–water partition coefficient (Wildman–Crippen LogP) is 4.48. The van der Waals surface area contributed by atoms with Crippen molar-refractivity contribution < 1.29 is 0 Å². The molecule has 0 bridgehead atoms. The van der Waals surface area contributed by atoms with Crippen LogP contribution in [-0.2, 0) is 6.42 Å². The molecular weight excluding hydrogens is 276 g/mol. The molecule has 0 saturated carbocycles. The number of nitrogens with one attached hydrogen (secondary N) is 1. The van der Waals surface area contributed by atoms with Crippen molar-refractivity contribution in [2.24, 2.45) is 0 Å². The lowest BCUT2D eigenvalue weighted by molar-refractivity contribution is 0.577. The molecule has 0 aliphatic carbocycles. The summed E-state index contributed by atoms with van der Waals surface area (Å²) in [7, 11) is 0. The zero-order valence-electron chi connectivity index (χ0n) is 12.9. The van der Waals surface area contributed by atoms with Gasteiger partial charge in [0.05, 0.1) is 0 Å². The Morgan fingerprint density at radius 1 is 1.05 bits per heavy atom. The molecule has 112 valence electrons. The molecule has 1 aromatic carbocycles. The van der Waals surface area contributed by atoms with Crippen molar-refractivity contribution in [1.29, 1.82) is 0 Å². The Morgan fingerprint density at radius 2 is 1.76 bits per heavy atom. The number of aryl methyl sites for hydroxylation is 1. The molecule has 1 atom stereocenters. The highest BCUT2D eigenvalue weighted by Crippen LogP contribution is 2.24. The number of benzene rings is 1. The number of pyridine rings is 1. The molecule has 1 N–H and O–H groups in total. The van der Waals surface area contributed by atoms with Crippen LogP contribution in [0, 0.1) is 0 Å². The molecule has 21 heavy (non-hydrogen) atoms. The minimum atomic E-state index is 0.397. The van der Waals surface area contributed by atoms with E-state index in [0.717, 1.165) is 25.1 Å². The van der Waals surface area contributed by atoms with E-state index in [-0.39, 0.29) is 0 Å². The van der Waals surface area contributed by atoms with Gasteiger partial charge < -0.3 is 5.32 Å². The van der Waals surface area contributed by atoms with Crippen LogP contribution in [0.2, 0.25) is 0 Å². The molecule has 0 aliphatic heterocycles. The predicted molar refractivity (Wildman–Crippen MR) is 91.8 cm³/mol. The van der Waals surface area contributed by atoms with E-state index < -0.39 is 0 Å². The minimum absolute atomic E-state index is 0.397. The monoisotopic (exact) mass is 300 g/mol. The molecule has 1 unspecified atom stereocenters. The zero-order valence-corrected chi connectivity index (χ0v) is 13.7. The summed E-state index contributed by atoms with van der Waals surface area (Å²) in [6.45, 7) is 5.46. The van der Waals surface area contributed by atoms with E-state index in [1.807, 2.05) is 24.2 Å². The lowest BCUT2D eigenvalue weighted by Gasteiger charge is -2.19. The second kappa shape index (κ2) is 8.85. The van der Waals surface area contributed by atoms with Gasteiger partial charge >= 0.3 is 0 Å². The van der Waals surface area contributed by atoms with Gasteiger partial charge in [-0.1, -0.05) is 38.1 Å². The van der Waals surface area contributed by atoms with Gasteiger partial charge in [-0.3, -0.25) is 4.98 Å². The number of rotatable bonds is 8. The van der Waals surface area contributed by atoms with Gasteiger partial charge in [0.2, 0.25) is 0 Å². The summed E-state index contributed by atoms with van der Waals surface area (Å²) in [6, 6.07) is 13.6. The first-order chi connectivity index (χ1) is 10.3. The molecular formula is C18H24N2S. The highest BCUT2D eigenvalue weighted by Gasteiger charge is 2.11. The molecule has 2 aromatic rings. The van der Waals surface area contributed by atoms with Crippen molar-refractivity contribution in [2.75, 3.05) is 12.3 Å². The Morgan fingerprint density at radius 3 is 2.38 bits per heavy atom. The average molecular weight is 300 g/mol. The van der Waals surface area contributed by atoms with Gasteiger partial charge in [0.1, 0.15) is 0 Å². The highest BCUT2D eigenvalue weighted by atomic mass is 32.2. The number of hydrogen-bond donors (Lipinski definition) is 1. The highest BCUT2D eigenvalue weighted by molar-refractivity contribution is 7.99. The first-order valence-electron chi connectivity index (χ1n) is 7.68. The smallest absolute Gasteiger partial charge is 0.0415 e. The zero-order chi connectivity index (χ0) is 14.9. The quantitative estimate of drug-likeness (QED) is 0.728. The third-order valence-electron chi connectivity index (χ3n) is 3.50. The largest absolute Gasteiger partial charge is 0.309 e. The Bertz CT molecular complexity index is 511. The maximum absolute atomic E-state index is 4.07. The summed E-state index contributed by atoms with van der Waals surface area (Å²) in [5, 5.41) is 3.66. The lowest BCUT2D eigenvalue weighted by Crippen LogP contribution is -2.24. The second-order valence-electron chi connectivity index (χ2n) is 5.10. The van der Waals surface area contributed by atoms with Crippen LogP contribution in [0.15, 0.2) is 53.7 Å². The fourth-order valence-corrected chi connectivity index (χ4v) is 3.17. The van der Waals surface area contributed by atoms with Gasteiger partial charge in [0, 0.05) is 29.1 Å². The molecule has 1 heterocycles. The maximum atomic E-state index is 4.07. The molecule has 2 rings (SSSR count).